The average molecular weight is 657 g/mol. The standard InChI is InChI=1S/C28H32O18/c1-41-24-12(42-27-21(39)19(37)16(34)13(6-29)43-27)5-11(33)15-18(36)26(46-28-22(40)20(38)17(35)14(7-30)44-28)23(45-25(15)24)8-2-3-9(31)10(32)4-8/h2-5,13-14,16-17,19-22,27-35,37-40H,6-7H2,1H3. The average Bonchev–Trinajstić information content (AvgIpc) is 3.03. The maximum atomic E-state index is 14.0. The van der Waals surface area contributed by atoms with Crippen LogP contribution in [0.4, 0.5) is 0 Å². The lowest BCUT2D eigenvalue weighted by molar-refractivity contribution is -0.277. The first-order valence-electron chi connectivity index (χ1n) is 13.7. The van der Waals surface area contributed by atoms with Crippen molar-refractivity contribution in [1.82, 2.24) is 0 Å². The van der Waals surface area contributed by atoms with Gasteiger partial charge in [0.2, 0.25) is 29.5 Å². The monoisotopic (exact) mass is 656 g/mol. The number of benzene rings is 2. The topological polar surface area (TPSA) is 299 Å². The first-order valence-corrected chi connectivity index (χ1v) is 13.7. The molecule has 10 atom stereocenters. The number of methoxy groups -OCH3 is 1. The summed E-state index contributed by atoms with van der Waals surface area (Å²) in [5.74, 6) is -4.09. The van der Waals surface area contributed by atoms with Gasteiger partial charge in [0, 0.05) is 11.6 Å². The van der Waals surface area contributed by atoms with Gasteiger partial charge in [0.1, 0.15) is 60.0 Å². The lowest BCUT2D eigenvalue weighted by atomic mass is 9.99. The third-order valence-corrected chi connectivity index (χ3v) is 7.64. The zero-order valence-electron chi connectivity index (χ0n) is 23.8. The normalized spacial score (nSPS) is 31.5. The Bertz CT molecular complexity index is 1620. The van der Waals surface area contributed by atoms with E-state index in [0.717, 1.165) is 25.3 Å². The molecule has 18 nitrogen and oxygen atoms in total. The van der Waals surface area contributed by atoms with Crippen LogP contribution in [0.1, 0.15) is 0 Å². The molecule has 2 fully saturated rings. The van der Waals surface area contributed by atoms with E-state index >= 15 is 0 Å². The van der Waals surface area contributed by atoms with Crippen LogP contribution in [-0.4, -0.2) is 138 Å². The van der Waals surface area contributed by atoms with Crippen molar-refractivity contribution < 1.29 is 84.3 Å². The van der Waals surface area contributed by atoms with E-state index in [-0.39, 0.29) is 11.3 Å². The third kappa shape index (κ3) is 5.75. The molecule has 3 heterocycles. The Labute approximate surface area is 257 Å². The van der Waals surface area contributed by atoms with Gasteiger partial charge < -0.3 is 84.3 Å². The molecule has 0 saturated carbocycles. The number of aromatic hydroxyl groups is 3. The SMILES string of the molecule is COc1c(OC2OC(CO)C(O)C(O)C2O)cc(O)c2c(=O)c(OC3OC(CO)C(O)C(O)C3O)c(-c3ccc(O)c(O)c3)oc12. The van der Waals surface area contributed by atoms with Crippen LogP contribution in [0.2, 0.25) is 0 Å². The highest BCUT2D eigenvalue weighted by molar-refractivity contribution is 5.93. The summed E-state index contributed by atoms with van der Waals surface area (Å²) in [6.07, 6.45) is -17.4. The maximum absolute atomic E-state index is 14.0. The van der Waals surface area contributed by atoms with Crippen molar-refractivity contribution >= 4 is 11.0 Å². The van der Waals surface area contributed by atoms with Gasteiger partial charge >= 0.3 is 0 Å². The van der Waals surface area contributed by atoms with Crippen molar-refractivity contribution in [3.8, 4) is 45.8 Å². The molecular weight excluding hydrogens is 624 g/mol. The fourth-order valence-electron chi connectivity index (χ4n) is 5.10. The Morgan fingerprint density at radius 3 is 1.78 bits per heavy atom. The zero-order valence-corrected chi connectivity index (χ0v) is 23.8. The number of phenolic OH excluding ortho intramolecular Hbond substituents is 3. The van der Waals surface area contributed by atoms with Crippen LogP contribution < -0.4 is 19.6 Å². The van der Waals surface area contributed by atoms with E-state index in [4.69, 9.17) is 28.1 Å². The third-order valence-electron chi connectivity index (χ3n) is 7.64. The van der Waals surface area contributed by atoms with Crippen molar-refractivity contribution in [3.05, 3.63) is 34.5 Å². The molecule has 5 rings (SSSR count). The van der Waals surface area contributed by atoms with Crippen molar-refractivity contribution in [2.45, 2.75) is 61.4 Å². The molecule has 0 amide bonds. The van der Waals surface area contributed by atoms with Gasteiger partial charge in [-0.25, -0.2) is 0 Å². The van der Waals surface area contributed by atoms with Gasteiger partial charge in [-0.05, 0) is 18.2 Å². The first-order chi connectivity index (χ1) is 21.8. The van der Waals surface area contributed by atoms with Gasteiger partial charge in [-0.15, -0.1) is 0 Å². The number of aliphatic hydroxyl groups excluding tert-OH is 8. The molecule has 0 spiro atoms. The minimum Gasteiger partial charge on any atom is -0.507 e. The van der Waals surface area contributed by atoms with Gasteiger partial charge in [-0.2, -0.15) is 0 Å². The number of ether oxygens (including phenoxy) is 5. The fourth-order valence-corrected chi connectivity index (χ4v) is 5.10. The second kappa shape index (κ2) is 13.0. The molecule has 2 aliphatic heterocycles. The number of phenols is 3. The molecule has 252 valence electrons. The molecule has 0 aliphatic carbocycles. The van der Waals surface area contributed by atoms with Crippen molar-refractivity contribution in [3.63, 3.8) is 0 Å². The molecule has 2 aromatic carbocycles. The fraction of sp³-hybridized carbons (Fsp3) is 0.464. The van der Waals surface area contributed by atoms with Crippen molar-refractivity contribution in [2.24, 2.45) is 0 Å². The molecule has 2 saturated heterocycles. The molecular formula is C28H32O18. The molecule has 11 N–H and O–H groups in total. The Morgan fingerprint density at radius 2 is 1.26 bits per heavy atom. The second-order valence-corrected chi connectivity index (χ2v) is 10.6. The van der Waals surface area contributed by atoms with Gasteiger partial charge in [-0.3, -0.25) is 4.79 Å². The Balaban J connectivity index is 1.67. The summed E-state index contributed by atoms with van der Waals surface area (Å²) < 4.78 is 33.3. The summed E-state index contributed by atoms with van der Waals surface area (Å²) in [4.78, 5) is 14.0. The van der Waals surface area contributed by atoms with Crippen LogP contribution in [0.25, 0.3) is 22.3 Å². The minimum absolute atomic E-state index is 0.115. The molecule has 46 heavy (non-hydrogen) atoms. The van der Waals surface area contributed by atoms with Gasteiger partial charge in [0.25, 0.3) is 0 Å². The highest BCUT2D eigenvalue weighted by Gasteiger charge is 2.47. The Morgan fingerprint density at radius 1 is 0.696 bits per heavy atom. The number of aliphatic hydroxyl groups is 8. The smallest absolute Gasteiger partial charge is 0.239 e. The van der Waals surface area contributed by atoms with Crippen LogP contribution in [-0.2, 0) is 9.47 Å². The molecule has 3 aromatic rings. The van der Waals surface area contributed by atoms with E-state index in [1.807, 2.05) is 0 Å². The molecule has 0 radical (unpaired) electrons. The Hall–Kier alpha value is -3.95. The highest BCUT2D eigenvalue weighted by atomic mass is 16.7. The van der Waals surface area contributed by atoms with Crippen LogP contribution in [0.3, 0.4) is 0 Å². The van der Waals surface area contributed by atoms with E-state index in [1.165, 1.54) is 6.07 Å². The summed E-state index contributed by atoms with van der Waals surface area (Å²) in [5, 5.41) is 111. The van der Waals surface area contributed by atoms with Crippen molar-refractivity contribution in [1.29, 1.82) is 0 Å². The van der Waals surface area contributed by atoms with Gasteiger partial charge in [-0.1, -0.05) is 0 Å². The second-order valence-electron chi connectivity index (χ2n) is 10.6. The molecule has 0 bridgehead atoms. The molecule has 18 heteroatoms. The van der Waals surface area contributed by atoms with E-state index in [2.05, 4.69) is 0 Å². The van der Waals surface area contributed by atoms with Crippen LogP contribution in [0.15, 0.2) is 33.5 Å². The number of hydrogen-bond donors (Lipinski definition) is 11. The van der Waals surface area contributed by atoms with E-state index < -0.39 is 126 Å². The first kappa shape index (κ1) is 33.4. The Kier molecular flexibility index (Phi) is 9.47. The minimum atomic E-state index is -1.97. The molecule has 2 aliphatic rings. The van der Waals surface area contributed by atoms with Crippen LogP contribution >= 0.6 is 0 Å². The van der Waals surface area contributed by atoms with E-state index in [1.54, 1.807) is 0 Å². The van der Waals surface area contributed by atoms with E-state index in [9.17, 15) is 61.0 Å². The summed E-state index contributed by atoms with van der Waals surface area (Å²) in [7, 11) is 1.12. The summed E-state index contributed by atoms with van der Waals surface area (Å²) in [5.41, 5.74) is -1.75. The zero-order chi connectivity index (χ0) is 33.6. The predicted molar refractivity (Wildman–Crippen MR) is 148 cm³/mol. The maximum Gasteiger partial charge on any atom is 0.239 e. The largest absolute Gasteiger partial charge is 0.507 e. The molecule has 1 aromatic heterocycles. The number of hydrogen-bond acceptors (Lipinski definition) is 18. The van der Waals surface area contributed by atoms with Crippen molar-refractivity contribution in [2.75, 3.05) is 20.3 Å². The summed E-state index contributed by atoms with van der Waals surface area (Å²) in [6, 6.07) is 4.07. The summed E-state index contributed by atoms with van der Waals surface area (Å²) >= 11 is 0. The van der Waals surface area contributed by atoms with Gasteiger partial charge in [0.05, 0.1) is 20.3 Å². The van der Waals surface area contributed by atoms with E-state index in [0.29, 0.717) is 0 Å². The number of fused-ring (bicyclic) bond motifs is 1. The predicted octanol–water partition coefficient (Wildman–Crippen LogP) is -3.06. The number of rotatable bonds is 8. The van der Waals surface area contributed by atoms with Gasteiger partial charge in [0.15, 0.2) is 28.6 Å². The molecule has 10 unspecified atom stereocenters. The lowest BCUT2D eigenvalue weighted by Crippen LogP contribution is -2.60. The van der Waals surface area contributed by atoms with Crippen LogP contribution in [0.5, 0.6) is 34.5 Å². The quantitative estimate of drug-likeness (QED) is 0.107. The summed E-state index contributed by atoms with van der Waals surface area (Å²) in [6.45, 7) is -1.58. The highest BCUT2D eigenvalue weighted by Crippen LogP contribution is 2.45. The lowest BCUT2D eigenvalue weighted by Gasteiger charge is -2.39. The van der Waals surface area contributed by atoms with Crippen LogP contribution in [0, 0.1) is 0 Å².